The van der Waals surface area contributed by atoms with Crippen molar-refractivity contribution >= 4 is 10.0 Å². The average Bonchev–Trinajstić information content (AvgIpc) is 2.54. The molecule has 0 radical (unpaired) electrons. The van der Waals surface area contributed by atoms with E-state index in [1.165, 1.54) is 6.07 Å². The average molecular weight is 334 g/mol. The Hall–Kier alpha value is -1.73. The first-order valence-electron chi connectivity index (χ1n) is 7.33. The van der Waals surface area contributed by atoms with Gasteiger partial charge in [-0.1, -0.05) is 36.4 Å². The van der Waals surface area contributed by atoms with E-state index in [0.29, 0.717) is 6.54 Å². The molecule has 0 aliphatic carbocycles. The number of aliphatic hydroxyl groups excluding tert-OH is 1. The lowest BCUT2D eigenvalue weighted by Crippen LogP contribution is -2.22. The first-order valence-corrected chi connectivity index (χ1v) is 8.87. The molecule has 0 bridgehead atoms. The van der Waals surface area contributed by atoms with Crippen molar-refractivity contribution in [2.75, 3.05) is 7.05 Å². The van der Waals surface area contributed by atoms with Gasteiger partial charge in [-0.2, -0.15) is 0 Å². The predicted octanol–water partition coefficient (Wildman–Crippen LogP) is 2.02. The zero-order valence-corrected chi connectivity index (χ0v) is 14.1. The summed E-state index contributed by atoms with van der Waals surface area (Å²) in [5.74, 6) is 0. The highest BCUT2D eigenvalue weighted by atomic mass is 32.2. The normalized spacial score (nSPS) is 13.3. The Labute approximate surface area is 137 Å². The number of nitrogens with zero attached hydrogens (tertiary/aromatic N) is 1. The summed E-state index contributed by atoms with van der Waals surface area (Å²) in [7, 11) is -1.71. The second kappa shape index (κ2) is 7.23. The SMILES string of the molecule is CC(c1cccc(S(N)(=O)=O)c1)N(C)Cc1ccc(CO)cc1. The van der Waals surface area contributed by atoms with Crippen LogP contribution in [0.25, 0.3) is 0 Å². The maximum Gasteiger partial charge on any atom is 0.238 e. The molecule has 23 heavy (non-hydrogen) atoms. The van der Waals surface area contributed by atoms with Crippen LogP contribution in [0, 0.1) is 0 Å². The number of primary sulfonamides is 1. The molecule has 5 nitrogen and oxygen atoms in total. The molecular formula is C17H22N2O3S. The quantitative estimate of drug-likeness (QED) is 0.846. The van der Waals surface area contributed by atoms with Crippen LogP contribution < -0.4 is 5.14 Å². The molecule has 0 fully saturated rings. The summed E-state index contributed by atoms with van der Waals surface area (Å²) in [5.41, 5.74) is 2.90. The molecule has 124 valence electrons. The fraction of sp³-hybridized carbons (Fsp3) is 0.294. The Kier molecular flexibility index (Phi) is 5.54. The van der Waals surface area contributed by atoms with Crippen molar-refractivity contribution < 1.29 is 13.5 Å². The molecule has 0 aliphatic rings. The third kappa shape index (κ3) is 4.62. The molecule has 2 aromatic rings. The van der Waals surface area contributed by atoms with Crippen LogP contribution in [-0.2, 0) is 23.2 Å². The Morgan fingerprint density at radius 2 is 1.74 bits per heavy atom. The van der Waals surface area contributed by atoms with E-state index in [0.717, 1.165) is 16.7 Å². The lowest BCUT2D eigenvalue weighted by molar-refractivity contribution is 0.252. The van der Waals surface area contributed by atoms with E-state index in [1.807, 2.05) is 44.3 Å². The monoisotopic (exact) mass is 334 g/mol. The molecular weight excluding hydrogens is 312 g/mol. The number of benzene rings is 2. The number of rotatable bonds is 6. The summed E-state index contributed by atoms with van der Waals surface area (Å²) in [6.07, 6.45) is 0. The van der Waals surface area contributed by atoms with Gasteiger partial charge in [0, 0.05) is 12.6 Å². The maximum atomic E-state index is 11.5. The Morgan fingerprint density at radius 1 is 1.13 bits per heavy atom. The Bertz CT molecular complexity index is 758. The van der Waals surface area contributed by atoms with Gasteiger partial charge in [-0.25, -0.2) is 13.6 Å². The molecule has 1 unspecified atom stereocenters. The molecule has 0 spiro atoms. The minimum atomic E-state index is -3.69. The summed E-state index contributed by atoms with van der Waals surface area (Å²) in [6.45, 7) is 2.77. The van der Waals surface area contributed by atoms with E-state index in [9.17, 15) is 8.42 Å². The van der Waals surface area contributed by atoms with Crippen molar-refractivity contribution in [3.63, 3.8) is 0 Å². The van der Waals surface area contributed by atoms with E-state index < -0.39 is 10.0 Å². The van der Waals surface area contributed by atoms with Crippen LogP contribution in [-0.4, -0.2) is 25.5 Å². The third-order valence-electron chi connectivity index (χ3n) is 3.97. The fourth-order valence-corrected chi connectivity index (χ4v) is 2.95. The molecule has 1 atom stereocenters. The van der Waals surface area contributed by atoms with Gasteiger partial charge in [0.25, 0.3) is 0 Å². The number of hydrogen-bond acceptors (Lipinski definition) is 4. The minimum Gasteiger partial charge on any atom is -0.392 e. The van der Waals surface area contributed by atoms with E-state index >= 15 is 0 Å². The highest BCUT2D eigenvalue weighted by molar-refractivity contribution is 7.89. The van der Waals surface area contributed by atoms with Gasteiger partial charge in [-0.05, 0) is 42.8 Å². The number of hydrogen-bond donors (Lipinski definition) is 2. The maximum absolute atomic E-state index is 11.5. The molecule has 0 amide bonds. The van der Waals surface area contributed by atoms with Crippen molar-refractivity contribution in [2.24, 2.45) is 5.14 Å². The van der Waals surface area contributed by atoms with Gasteiger partial charge in [-0.15, -0.1) is 0 Å². The van der Waals surface area contributed by atoms with E-state index in [4.69, 9.17) is 10.2 Å². The zero-order chi connectivity index (χ0) is 17.0. The molecule has 0 heterocycles. The van der Waals surface area contributed by atoms with Gasteiger partial charge in [0.15, 0.2) is 0 Å². The van der Waals surface area contributed by atoms with E-state index in [2.05, 4.69) is 4.90 Å². The van der Waals surface area contributed by atoms with Gasteiger partial charge in [-0.3, -0.25) is 4.90 Å². The van der Waals surface area contributed by atoms with Crippen LogP contribution in [0.1, 0.15) is 29.7 Å². The standard InChI is InChI=1S/C17H22N2O3S/c1-13(16-4-3-5-17(10-16)23(18,21)22)19(2)11-14-6-8-15(12-20)9-7-14/h3-10,13,20H,11-12H2,1-2H3,(H2,18,21,22). The van der Waals surface area contributed by atoms with Crippen LogP contribution >= 0.6 is 0 Å². The summed E-state index contributed by atoms with van der Waals surface area (Å²) >= 11 is 0. The summed E-state index contributed by atoms with van der Waals surface area (Å²) in [5, 5.41) is 14.3. The summed E-state index contributed by atoms with van der Waals surface area (Å²) in [6, 6.07) is 14.5. The second-order valence-corrected chi connectivity index (χ2v) is 7.24. The van der Waals surface area contributed by atoms with Crippen molar-refractivity contribution in [1.82, 2.24) is 4.90 Å². The molecule has 0 aromatic heterocycles. The third-order valence-corrected chi connectivity index (χ3v) is 4.88. The molecule has 3 N–H and O–H groups in total. The van der Waals surface area contributed by atoms with Crippen molar-refractivity contribution in [3.8, 4) is 0 Å². The first-order chi connectivity index (χ1) is 10.8. The van der Waals surface area contributed by atoms with Crippen molar-refractivity contribution in [1.29, 1.82) is 0 Å². The van der Waals surface area contributed by atoms with Crippen LogP contribution in [0.15, 0.2) is 53.4 Å². The molecule has 2 rings (SSSR count). The predicted molar refractivity (Wildman–Crippen MR) is 90.1 cm³/mol. The van der Waals surface area contributed by atoms with Gasteiger partial charge in [0.1, 0.15) is 0 Å². The molecule has 0 saturated heterocycles. The largest absolute Gasteiger partial charge is 0.392 e. The Balaban J connectivity index is 2.14. The van der Waals surface area contributed by atoms with E-state index in [-0.39, 0.29) is 17.5 Å². The zero-order valence-electron chi connectivity index (χ0n) is 13.3. The number of sulfonamides is 1. The molecule has 0 saturated carbocycles. The molecule has 6 heteroatoms. The summed E-state index contributed by atoms with van der Waals surface area (Å²) < 4.78 is 22.9. The minimum absolute atomic E-state index is 0.0346. The first kappa shape index (κ1) is 17.6. The number of aliphatic hydroxyl groups is 1. The van der Waals surface area contributed by atoms with Crippen LogP contribution in [0.2, 0.25) is 0 Å². The highest BCUT2D eigenvalue weighted by Gasteiger charge is 2.15. The van der Waals surface area contributed by atoms with Crippen LogP contribution in [0.4, 0.5) is 0 Å². The topological polar surface area (TPSA) is 83.6 Å². The lowest BCUT2D eigenvalue weighted by atomic mass is 10.1. The number of nitrogens with two attached hydrogens (primary N) is 1. The smallest absolute Gasteiger partial charge is 0.238 e. The fourth-order valence-electron chi connectivity index (χ4n) is 2.38. The van der Waals surface area contributed by atoms with Gasteiger partial charge >= 0.3 is 0 Å². The van der Waals surface area contributed by atoms with Gasteiger partial charge < -0.3 is 5.11 Å². The van der Waals surface area contributed by atoms with Gasteiger partial charge in [0.05, 0.1) is 11.5 Å². The van der Waals surface area contributed by atoms with Crippen LogP contribution in [0.3, 0.4) is 0 Å². The van der Waals surface area contributed by atoms with Crippen LogP contribution in [0.5, 0.6) is 0 Å². The second-order valence-electron chi connectivity index (χ2n) is 5.68. The van der Waals surface area contributed by atoms with Gasteiger partial charge in [0.2, 0.25) is 10.0 Å². The summed E-state index contributed by atoms with van der Waals surface area (Å²) in [4.78, 5) is 2.25. The van der Waals surface area contributed by atoms with Crippen molar-refractivity contribution in [3.05, 3.63) is 65.2 Å². The molecule has 2 aromatic carbocycles. The molecule has 0 aliphatic heterocycles. The highest BCUT2D eigenvalue weighted by Crippen LogP contribution is 2.23. The lowest BCUT2D eigenvalue weighted by Gasteiger charge is -2.25. The van der Waals surface area contributed by atoms with E-state index in [1.54, 1.807) is 12.1 Å². The van der Waals surface area contributed by atoms with Crippen molar-refractivity contribution in [2.45, 2.75) is 31.0 Å². The Morgan fingerprint density at radius 3 is 2.30 bits per heavy atom.